The topological polar surface area (TPSA) is 40.2 Å². The van der Waals surface area contributed by atoms with Crippen LogP contribution in [0.4, 0.5) is 0 Å². The minimum atomic E-state index is -0.161. The van der Waals surface area contributed by atoms with Crippen molar-refractivity contribution < 1.29 is 9.90 Å². The molecule has 0 bridgehead atoms. The summed E-state index contributed by atoms with van der Waals surface area (Å²) in [6.45, 7) is 2.25. The van der Waals surface area contributed by atoms with Gasteiger partial charge in [0.25, 0.3) is 0 Å². The summed E-state index contributed by atoms with van der Waals surface area (Å²) in [4.78, 5) is 13.7. The van der Waals surface area contributed by atoms with Crippen LogP contribution in [-0.4, -0.2) is 30.0 Å². The molecule has 1 radical (unpaired) electrons. The Bertz CT molecular complexity index is 188. The highest BCUT2D eigenvalue weighted by molar-refractivity contribution is 5.76. The van der Waals surface area contributed by atoms with Gasteiger partial charge in [0.15, 0.2) is 0 Å². The van der Waals surface area contributed by atoms with Crippen molar-refractivity contribution in [2.24, 2.45) is 0 Å². The molecule has 0 N–H and O–H groups in total. The van der Waals surface area contributed by atoms with Gasteiger partial charge in [-0.15, -0.1) is 0 Å². The second kappa shape index (κ2) is 6.83. The predicted molar refractivity (Wildman–Crippen MR) is 59.0 cm³/mol. The molecule has 0 heterocycles. The maximum atomic E-state index is 11.8. The molecule has 0 aromatic rings. The van der Waals surface area contributed by atoms with E-state index in [2.05, 4.69) is 0 Å². The van der Waals surface area contributed by atoms with E-state index < -0.39 is 0 Å². The average molecular weight is 212 g/mol. The smallest absolute Gasteiger partial charge is 0.222 e. The Hall–Kier alpha value is -0.570. The van der Waals surface area contributed by atoms with Gasteiger partial charge in [-0.2, -0.15) is 0 Å². The van der Waals surface area contributed by atoms with E-state index in [1.165, 1.54) is 19.3 Å². The van der Waals surface area contributed by atoms with Gasteiger partial charge in [-0.25, -0.2) is 5.11 Å². The highest BCUT2D eigenvalue weighted by atomic mass is 16.3. The zero-order chi connectivity index (χ0) is 11.1. The van der Waals surface area contributed by atoms with Crippen LogP contribution >= 0.6 is 0 Å². The second-order valence-corrected chi connectivity index (χ2v) is 4.33. The van der Waals surface area contributed by atoms with Crippen molar-refractivity contribution >= 4 is 5.91 Å². The number of carbonyl (C=O) groups is 1. The molecule has 1 amide bonds. The van der Waals surface area contributed by atoms with Crippen LogP contribution in [0.1, 0.15) is 51.9 Å². The fourth-order valence-electron chi connectivity index (χ4n) is 2.36. The van der Waals surface area contributed by atoms with Gasteiger partial charge in [-0.1, -0.05) is 26.2 Å². The predicted octanol–water partition coefficient (Wildman–Crippen LogP) is 2.38. The van der Waals surface area contributed by atoms with Gasteiger partial charge in [0.2, 0.25) is 5.91 Å². The lowest BCUT2D eigenvalue weighted by Gasteiger charge is -2.33. The summed E-state index contributed by atoms with van der Waals surface area (Å²) in [5.74, 6) is 0.181. The highest BCUT2D eigenvalue weighted by Crippen LogP contribution is 2.23. The number of amides is 1. The number of nitrogens with zero attached hydrogens (tertiary/aromatic N) is 1. The van der Waals surface area contributed by atoms with E-state index >= 15 is 0 Å². The van der Waals surface area contributed by atoms with Gasteiger partial charge >= 0.3 is 0 Å². The van der Waals surface area contributed by atoms with E-state index in [0.29, 0.717) is 19.0 Å². The lowest BCUT2D eigenvalue weighted by molar-refractivity contribution is -0.135. The number of hydrogen-bond donors (Lipinski definition) is 0. The quantitative estimate of drug-likeness (QED) is 0.689. The van der Waals surface area contributed by atoms with E-state index in [1.54, 1.807) is 0 Å². The second-order valence-electron chi connectivity index (χ2n) is 4.33. The summed E-state index contributed by atoms with van der Waals surface area (Å²) < 4.78 is 0. The molecule has 1 aliphatic carbocycles. The minimum Gasteiger partial charge on any atom is -0.337 e. The van der Waals surface area contributed by atoms with Gasteiger partial charge < -0.3 is 4.90 Å². The molecule has 1 saturated carbocycles. The largest absolute Gasteiger partial charge is 0.337 e. The zero-order valence-electron chi connectivity index (χ0n) is 9.71. The number of rotatable bonds is 5. The summed E-state index contributed by atoms with van der Waals surface area (Å²) >= 11 is 0. The Morgan fingerprint density at radius 3 is 2.47 bits per heavy atom. The maximum Gasteiger partial charge on any atom is 0.222 e. The number of hydrogen-bond acceptors (Lipinski definition) is 1. The van der Waals surface area contributed by atoms with Crippen molar-refractivity contribution in [1.29, 1.82) is 0 Å². The van der Waals surface area contributed by atoms with Crippen LogP contribution in [0.15, 0.2) is 0 Å². The Morgan fingerprint density at radius 2 is 1.93 bits per heavy atom. The van der Waals surface area contributed by atoms with E-state index in [1.807, 2.05) is 11.8 Å². The van der Waals surface area contributed by atoms with Crippen LogP contribution in [0.2, 0.25) is 0 Å². The third-order valence-electron chi connectivity index (χ3n) is 3.13. The summed E-state index contributed by atoms with van der Waals surface area (Å²) in [7, 11) is 0. The maximum absolute atomic E-state index is 11.8. The fourth-order valence-corrected chi connectivity index (χ4v) is 2.36. The lowest BCUT2D eigenvalue weighted by atomic mass is 9.94. The van der Waals surface area contributed by atoms with E-state index in [-0.39, 0.29) is 12.5 Å². The van der Waals surface area contributed by atoms with Crippen molar-refractivity contribution in [2.45, 2.75) is 57.9 Å². The molecular formula is C12H22NO2. The molecule has 3 nitrogen and oxygen atoms in total. The molecule has 1 aliphatic rings. The Labute approximate surface area is 92.5 Å². The zero-order valence-corrected chi connectivity index (χ0v) is 9.71. The Kier molecular flexibility index (Phi) is 5.69. The van der Waals surface area contributed by atoms with Crippen LogP contribution in [0.25, 0.3) is 0 Å². The first-order chi connectivity index (χ1) is 7.29. The molecule has 0 atom stereocenters. The van der Waals surface area contributed by atoms with Crippen molar-refractivity contribution in [2.75, 3.05) is 13.2 Å². The normalized spacial score (nSPS) is 17.7. The summed E-state index contributed by atoms with van der Waals surface area (Å²) in [5, 5.41) is 10.7. The third-order valence-corrected chi connectivity index (χ3v) is 3.13. The fraction of sp³-hybridized carbons (Fsp3) is 0.917. The molecule has 15 heavy (non-hydrogen) atoms. The minimum absolute atomic E-state index is 0.161. The molecule has 0 unspecified atom stereocenters. The van der Waals surface area contributed by atoms with Crippen LogP contribution in [0.5, 0.6) is 0 Å². The summed E-state index contributed by atoms with van der Waals surface area (Å²) in [6, 6.07) is 0.353. The van der Waals surface area contributed by atoms with E-state index in [4.69, 9.17) is 0 Å². The van der Waals surface area contributed by atoms with Crippen LogP contribution in [0, 0.1) is 0 Å². The molecule has 0 aromatic heterocycles. The molecule has 0 spiro atoms. The first-order valence-electron chi connectivity index (χ1n) is 6.17. The van der Waals surface area contributed by atoms with E-state index in [0.717, 1.165) is 19.3 Å². The lowest BCUT2D eigenvalue weighted by Crippen LogP contribution is -2.42. The molecule has 0 saturated heterocycles. The van der Waals surface area contributed by atoms with Crippen molar-refractivity contribution in [1.82, 2.24) is 4.90 Å². The van der Waals surface area contributed by atoms with Gasteiger partial charge in [0.1, 0.15) is 0 Å². The van der Waals surface area contributed by atoms with Crippen molar-refractivity contribution in [3.63, 3.8) is 0 Å². The van der Waals surface area contributed by atoms with Crippen molar-refractivity contribution in [3.8, 4) is 0 Å². The van der Waals surface area contributed by atoms with Gasteiger partial charge in [0.05, 0.1) is 6.61 Å². The Morgan fingerprint density at radius 1 is 1.27 bits per heavy atom. The SMILES string of the molecule is CCCC(=O)N(CC[O])C1CCCCC1. The summed E-state index contributed by atoms with van der Waals surface area (Å²) in [6.07, 6.45) is 7.35. The number of carbonyl (C=O) groups excluding carboxylic acids is 1. The van der Waals surface area contributed by atoms with Gasteiger partial charge in [0, 0.05) is 19.0 Å². The molecule has 1 fully saturated rings. The third kappa shape index (κ3) is 3.82. The van der Waals surface area contributed by atoms with Gasteiger partial charge in [-0.3, -0.25) is 4.79 Å². The Balaban J connectivity index is 2.50. The average Bonchev–Trinajstić information content (AvgIpc) is 2.27. The van der Waals surface area contributed by atoms with Crippen LogP contribution < -0.4 is 0 Å². The van der Waals surface area contributed by atoms with Crippen LogP contribution in [-0.2, 0) is 9.90 Å². The van der Waals surface area contributed by atoms with Gasteiger partial charge in [-0.05, 0) is 19.3 Å². The molecule has 87 valence electrons. The van der Waals surface area contributed by atoms with Crippen molar-refractivity contribution in [3.05, 3.63) is 0 Å². The standard InChI is InChI=1S/C12H22NO2/c1-2-6-12(15)13(9-10-14)11-7-4-3-5-8-11/h11H,2-10H2,1H3. The highest BCUT2D eigenvalue weighted by Gasteiger charge is 2.24. The molecule has 3 heteroatoms. The monoisotopic (exact) mass is 212 g/mol. The molecule has 0 aliphatic heterocycles. The summed E-state index contributed by atoms with van der Waals surface area (Å²) in [5.41, 5.74) is 0. The molecular weight excluding hydrogens is 190 g/mol. The van der Waals surface area contributed by atoms with Crippen LogP contribution in [0.3, 0.4) is 0 Å². The molecule has 0 aromatic carbocycles. The molecule has 1 rings (SSSR count). The first kappa shape index (κ1) is 12.5. The first-order valence-corrected chi connectivity index (χ1v) is 6.17. The van der Waals surface area contributed by atoms with E-state index in [9.17, 15) is 9.90 Å².